The summed E-state index contributed by atoms with van der Waals surface area (Å²) in [6.07, 6.45) is 0. The van der Waals surface area contributed by atoms with E-state index < -0.39 is 0 Å². The zero-order chi connectivity index (χ0) is 13.1. The lowest BCUT2D eigenvalue weighted by Crippen LogP contribution is -2.06. The first-order valence-corrected chi connectivity index (χ1v) is 6.16. The minimum atomic E-state index is -0.0847. The Morgan fingerprint density at radius 3 is 2.33 bits per heavy atom. The van der Waals surface area contributed by atoms with Crippen molar-refractivity contribution in [2.45, 2.75) is 0 Å². The van der Waals surface area contributed by atoms with Crippen molar-refractivity contribution in [2.75, 3.05) is 12.4 Å². The van der Waals surface area contributed by atoms with E-state index in [0.717, 1.165) is 0 Å². The fraction of sp³-hybridized carbons (Fsp3) is 0.0714. The van der Waals surface area contributed by atoms with Gasteiger partial charge in [-0.25, -0.2) is 0 Å². The lowest BCUT2D eigenvalue weighted by molar-refractivity contribution is 0.103. The topological polar surface area (TPSA) is 29.1 Å². The quantitative estimate of drug-likeness (QED) is 0.851. The Morgan fingerprint density at radius 2 is 1.72 bits per heavy atom. The molecule has 18 heavy (non-hydrogen) atoms. The zero-order valence-electron chi connectivity index (χ0n) is 9.71. The van der Waals surface area contributed by atoms with Crippen molar-refractivity contribution in [1.29, 1.82) is 0 Å². The van der Waals surface area contributed by atoms with Crippen molar-refractivity contribution in [3.63, 3.8) is 0 Å². The normalized spacial score (nSPS) is 10.2. The molecule has 92 valence electrons. The number of benzene rings is 2. The highest BCUT2D eigenvalue weighted by Crippen LogP contribution is 2.33. The molecule has 0 aliphatic carbocycles. The molecule has 0 unspecified atom stereocenters. The van der Waals surface area contributed by atoms with Gasteiger partial charge in [0.1, 0.15) is 0 Å². The molecule has 0 amide bonds. The Hall–Kier alpha value is -1.51. The molecule has 0 heterocycles. The number of hydrogen-bond donors (Lipinski definition) is 1. The molecule has 0 aliphatic heterocycles. The fourth-order valence-electron chi connectivity index (χ4n) is 1.73. The summed E-state index contributed by atoms with van der Waals surface area (Å²) in [6.45, 7) is 0. The standard InChI is InChI=1S/C14H11Cl2NO/c1-17-13-10(7-8-11(15)12(13)16)14(18)9-5-3-2-4-6-9/h2-8,17H,1H3. The van der Waals surface area contributed by atoms with Crippen LogP contribution in [0.1, 0.15) is 15.9 Å². The molecule has 0 atom stereocenters. The molecule has 0 aromatic heterocycles. The van der Waals surface area contributed by atoms with E-state index in [-0.39, 0.29) is 5.78 Å². The van der Waals surface area contributed by atoms with Gasteiger partial charge < -0.3 is 5.32 Å². The summed E-state index contributed by atoms with van der Waals surface area (Å²) < 4.78 is 0. The second kappa shape index (κ2) is 5.42. The van der Waals surface area contributed by atoms with Crippen LogP contribution in [0.5, 0.6) is 0 Å². The molecule has 0 radical (unpaired) electrons. The number of nitrogens with one attached hydrogen (secondary N) is 1. The van der Waals surface area contributed by atoms with Gasteiger partial charge in [0, 0.05) is 18.2 Å². The number of hydrogen-bond acceptors (Lipinski definition) is 2. The van der Waals surface area contributed by atoms with Crippen molar-refractivity contribution in [1.82, 2.24) is 0 Å². The van der Waals surface area contributed by atoms with Gasteiger partial charge in [0.05, 0.1) is 15.7 Å². The first kappa shape index (κ1) is 12.9. The molecule has 0 aliphatic rings. The van der Waals surface area contributed by atoms with E-state index >= 15 is 0 Å². The number of ketones is 1. The number of anilines is 1. The Kier molecular flexibility index (Phi) is 3.90. The van der Waals surface area contributed by atoms with Gasteiger partial charge in [-0.3, -0.25) is 4.79 Å². The van der Waals surface area contributed by atoms with Crippen molar-refractivity contribution in [3.8, 4) is 0 Å². The summed E-state index contributed by atoms with van der Waals surface area (Å²) >= 11 is 12.0. The first-order chi connectivity index (χ1) is 8.65. The van der Waals surface area contributed by atoms with Crippen LogP contribution in [0.15, 0.2) is 42.5 Å². The van der Waals surface area contributed by atoms with Gasteiger partial charge in [0.15, 0.2) is 5.78 Å². The van der Waals surface area contributed by atoms with E-state index in [9.17, 15) is 4.79 Å². The third kappa shape index (κ3) is 2.35. The van der Waals surface area contributed by atoms with Crippen LogP contribution in [-0.4, -0.2) is 12.8 Å². The Morgan fingerprint density at radius 1 is 1.06 bits per heavy atom. The van der Waals surface area contributed by atoms with Gasteiger partial charge >= 0.3 is 0 Å². The van der Waals surface area contributed by atoms with Gasteiger partial charge in [-0.2, -0.15) is 0 Å². The smallest absolute Gasteiger partial charge is 0.195 e. The van der Waals surface area contributed by atoms with Crippen LogP contribution in [0.2, 0.25) is 10.0 Å². The summed E-state index contributed by atoms with van der Waals surface area (Å²) in [7, 11) is 1.71. The van der Waals surface area contributed by atoms with E-state index in [1.165, 1.54) is 0 Å². The van der Waals surface area contributed by atoms with Crippen LogP contribution in [0.25, 0.3) is 0 Å². The van der Waals surface area contributed by atoms with Crippen molar-refractivity contribution >= 4 is 34.7 Å². The number of carbonyl (C=O) groups excluding carboxylic acids is 1. The molecule has 0 saturated heterocycles. The number of rotatable bonds is 3. The molecule has 1 N–H and O–H groups in total. The third-order valence-electron chi connectivity index (χ3n) is 2.63. The second-order valence-corrected chi connectivity index (χ2v) is 4.51. The van der Waals surface area contributed by atoms with E-state index in [0.29, 0.717) is 26.9 Å². The minimum Gasteiger partial charge on any atom is -0.386 e. The van der Waals surface area contributed by atoms with Crippen molar-refractivity contribution < 1.29 is 4.79 Å². The maximum absolute atomic E-state index is 12.3. The molecule has 2 aromatic rings. The number of carbonyl (C=O) groups is 1. The summed E-state index contributed by atoms with van der Waals surface area (Å²) in [5.74, 6) is -0.0847. The van der Waals surface area contributed by atoms with Crippen LogP contribution in [0, 0.1) is 0 Å². The molecular weight excluding hydrogens is 269 g/mol. The largest absolute Gasteiger partial charge is 0.386 e. The predicted octanol–water partition coefficient (Wildman–Crippen LogP) is 4.27. The van der Waals surface area contributed by atoms with E-state index in [2.05, 4.69) is 5.32 Å². The summed E-state index contributed by atoms with van der Waals surface area (Å²) in [5.41, 5.74) is 1.68. The van der Waals surface area contributed by atoms with Crippen LogP contribution in [-0.2, 0) is 0 Å². The van der Waals surface area contributed by atoms with E-state index in [4.69, 9.17) is 23.2 Å². The molecule has 0 fully saturated rings. The lowest BCUT2D eigenvalue weighted by Gasteiger charge is -2.11. The summed E-state index contributed by atoms with van der Waals surface area (Å²) in [5, 5.41) is 3.70. The van der Waals surface area contributed by atoms with Gasteiger partial charge in [-0.05, 0) is 12.1 Å². The predicted molar refractivity (Wildman–Crippen MR) is 75.9 cm³/mol. The van der Waals surface area contributed by atoms with Crippen molar-refractivity contribution in [3.05, 3.63) is 63.6 Å². The SMILES string of the molecule is CNc1c(C(=O)c2ccccc2)ccc(Cl)c1Cl. The van der Waals surface area contributed by atoms with Gasteiger partial charge in [-0.15, -0.1) is 0 Å². The van der Waals surface area contributed by atoms with E-state index in [1.54, 1.807) is 31.3 Å². The number of halogens is 2. The minimum absolute atomic E-state index is 0.0847. The Labute approximate surface area is 116 Å². The maximum atomic E-state index is 12.3. The van der Waals surface area contributed by atoms with Crippen molar-refractivity contribution in [2.24, 2.45) is 0 Å². The highest BCUT2D eigenvalue weighted by Gasteiger charge is 2.16. The average Bonchev–Trinajstić information content (AvgIpc) is 2.42. The lowest BCUT2D eigenvalue weighted by atomic mass is 10.0. The Bertz CT molecular complexity index is 582. The van der Waals surface area contributed by atoms with E-state index in [1.807, 2.05) is 18.2 Å². The third-order valence-corrected chi connectivity index (χ3v) is 3.43. The Balaban J connectivity index is 2.52. The first-order valence-electron chi connectivity index (χ1n) is 5.40. The highest BCUT2D eigenvalue weighted by atomic mass is 35.5. The monoisotopic (exact) mass is 279 g/mol. The second-order valence-electron chi connectivity index (χ2n) is 3.73. The molecule has 2 aromatic carbocycles. The molecule has 2 rings (SSSR count). The molecule has 0 spiro atoms. The molecule has 0 saturated carbocycles. The van der Waals surface area contributed by atoms with Crippen LogP contribution in [0.3, 0.4) is 0 Å². The van der Waals surface area contributed by atoms with Gasteiger partial charge in [0.25, 0.3) is 0 Å². The zero-order valence-corrected chi connectivity index (χ0v) is 11.2. The maximum Gasteiger partial charge on any atom is 0.195 e. The summed E-state index contributed by atoms with van der Waals surface area (Å²) in [4.78, 5) is 12.3. The average molecular weight is 280 g/mol. The summed E-state index contributed by atoms with van der Waals surface area (Å²) in [6, 6.07) is 12.4. The van der Waals surface area contributed by atoms with Gasteiger partial charge in [-0.1, -0.05) is 53.5 Å². The van der Waals surface area contributed by atoms with Crippen LogP contribution < -0.4 is 5.32 Å². The fourth-order valence-corrected chi connectivity index (χ4v) is 2.15. The van der Waals surface area contributed by atoms with Crippen LogP contribution in [0.4, 0.5) is 5.69 Å². The molecular formula is C14H11Cl2NO. The van der Waals surface area contributed by atoms with Gasteiger partial charge in [0.2, 0.25) is 0 Å². The highest BCUT2D eigenvalue weighted by molar-refractivity contribution is 6.44. The molecule has 4 heteroatoms. The van der Waals surface area contributed by atoms with Crippen LogP contribution >= 0.6 is 23.2 Å². The molecule has 0 bridgehead atoms. The molecule has 2 nitrogen and oxygen atoms in total.